The van der Waals surface area contributed by atoms with Crippen LogP contribution in [0.3, 0.4) is 0 Å². The lowest BCUT2D eigenvalue weighted by Crippen LogP contribution is -3.00. The average Bonchev–Trinajstić information content (AvgIpc) is 2.39. The number of ketones is 1. The Labute approximate surface area is 115 Å². The molecule has 18 heavy (non-hydrogen) atoms. The number of carbonyl (C=O) groups is 1. The Hall–Kier alpha value is -0.900. The standard InChI is InChI=1S/C14H20N2O.ClH/c1-15-9-11-16(12-10-15)8-7-14(17)13-5-3-2-4-6-13;/h2-6H,7-12H2,1H3;1H/p-1. The summed E-state index contributed by atoms with van der Waals surface area (Å²) in [5.41, 5.74) is 0.835. The van der Waals surface area contributed by atoms with Crippen molar-refractivity contribution in [2.75, 3.05) is 39.8 Å². The van der Waals surface area contributed by atoms with Crippen LogP contribution in [0.5, 0.6) is 0 Å². The van der Waals surface area contributed by atoms with E-state index in [1.807, 2.05) is 30.3 Å². The van der Waals surface area contributed by atoms with Gasteiger partial charge in [-0.15, -0.1) is 0 Å². The van der Waals surface area contributed by atoms with Gasteiger partial charge in [0.25, 0.3) is 0 Å². The van der Waals surface area contributed by atoms with E-state index >= 15 is 0 Å². The molecule has 0 atom stereocenters. The van der Waals surface area contributed by atoms with Gasteiger partial charge in [0.05, 0.1) is 0 Å². The summed E-state index contributed by atoms with van der Waals surface area (Å²) in [5.74, 6) is 0.254. The SMILES string of the molecule is CN1CCN(CCC(=O)c2ccccc2)CC1.[Cl-]. The lowest BCUT2D eigenvalue weighted by molar-refractivity contribution is -0.0000117. The Morgan fingerprint density at radius 2 is 1.72 bits per heavy atom. The van der Waals surface area contributed by atoms with Gasteiger partial charge in [-0.2, -0.15) is 0 Å². The smallest absolute Gasteiger partial charge is 0.164 e. The van der Waals surface area contributed by atoms with E-state index in [0.29, 0.717) is 6.42 Å². The van der Waals surface area contributed by atoms with Crippen molar-refractivity contribution in [3.8, 4) is 0 Å². The van der Waals surface area contributed by atoms with E-state index in [1.54, 1.807) is 0 Å². The van der Waals surface area contributed by atoms with E-state index in [1.165, 1.54) is 0 Å². The summed E-state index contributed by atoms with van der Waals surface area (Å²) < 4.78 is 0. The van der Waals surface area contributed by atoms with Gasteiger partial charge < -0.3 is 22.2 Å². The topological polar surface area (TPSA) is 23.6 Å². The maximum Gasteiger partial charge on any atom is 0.164 e. The Morgan fingerprint density at radius 3 is 2.33 bits per heavy atom. The van der Waals surface area contributed by atoms with Crippen LogP contribution >= 0.6 is 0 Å². The fourth-order valence-corrected chi connectivity index (χ4v) is 2.10. The van der Waals surface area contributed by atoms with E-state index in [9.17, 15) is 4.79 Å². The molecule has 0 saturated carbocycles. The highest BCUT2D eigenvalue weighted by atomic mass is 35.5. The minimum Gasteiger partial charge on any atom is -1.00 e. The second-order valence-electron chi connectivity index (χ2n) is 4.68. The first kappa shape index (κ1) is 15.2. The largest absolute Gasteiger partial charge is 1.00 e. The first-order valence-electron chi connectivity index (χ1n) is 6.25. The van der Waals surface area contributed by atoms with E-state index in [0.717, 1.165) is 38.3 Å². The van der Waals surface area contributed by atoms with Gasteiger partial charge in [-0.05, 0) is 7.05 Å². The molecule has 0 aromatic heterocycles. The maximum absolute atomic E-state index is 11.9. The Bertz CT molecular complexity index is 361. The summed E-state index contributed by atoms with van der Waals surface area (Å²) in [7, 11) is 2.15. The molecule has 0 spiro atoms. The molecule has 100 valence electrons. The van der Waals surface area contributed by atoms with Crippen LogP contribution in [0, 0.1) is 0 Å². The Morgan fingerprint density at radius 1 is 1.11 bits per heavy atom. The normalized spacial score (nSPS) is 17.2. The lowest BCUT2D eigenvalue weighted by atomic mass is 10.1. The van der Waals surface area contributed by atoms with Crippen molar-refractivity contribution < 1.29 is 17.2 Å². The van der Waals surface area contributed by atoms with Crippen LogP contribution < -0.4 is 12.4 Å². The molecule has 2 rings (SSSR count). The molecule has 0 N–H and O–H groups in total. The molecular weight excluding hydrogens is 248 g/mol. The predicted octanol–water partition coefficient (Wildman–Crippen LogP) is -1.49. The monoisotopic (exact) mass is 267 g/mol. The van der Waals surface area contributed by atoms with Gasteiger partial charge in [0.1, 0.15) is 0 Å². The van der Waals surface area contributed by atoms with E-state index < -0.39 is 0 Å². The van der Waals surface area contributed by atoms with Crippen LogP contribution in [0.25, 0.3) is 0 Å². The number of likely N-dealkylation sites (N-methyl/N-ethyl adjacent to an activating group) is 1. The minimum atomic E-state index is 0. The van der Waals surface area contributed by atoms with Crippen molar-refractivity contribution in [3.63, 3.8) is 0 Å². The van der Waals surface area contributed by atoms with Crippen molar-refractivity contribution in [1.82, 2.24) is 9.80 Å². The first-order valence-corrected chi connectivity index (χ1v) is 6.25. The van der Waals surface area contributed by atoms with Crippen LogP contribution in [-0.4, -0.2) is 55.4 Å². The fraction of sp³-hybridized carbons (Fsp3) is 0.500. The number of rotatable bonds is 4. The molecule has 0 amide bonds. The van der Waals surface area contributed by atoms with Crippen molar-refractivity contribution in [2.24, 2.45) is 0 Å². The highest BCUT2D eigenvalue weighted by Crippen LogP contribution is 2.05. The zero-order valence-corrected chi connectivity index (χ0v) is 11.6. The van der Waals surface area contributed by atoms with Crippen LogP contribution in [0.15, 0.2) is 30.3 Å². The quantitative estimate of drug-likeness (QED) is 0.621. The molecule has 4 heteroatoms. The van der Waals surface area contributed by atoms with Gasteiger partial charge in [-0.3, -0.25) is 4.79 Å². The fourth-order valence-electron chi connectivity index (χ4n) is 2.10. The van der Waals surface area contributed by atoms with Crippen molar-refractivity contribution >= 4 is 5.78 Å². The summed E-state index contributed by atoms with van der Waals surface area (Å²) in [5, 5.41) is 0. The second kappa shape index (κ2) is 7.52. The number of halogens is 1. The molecule has 0 unspecified atom stereocenters. The number of hydrogen-bond acceptors (Lipinski definition) is 3. The zero-order chi connectivity index (χ0) is 12.1. The van der Waals surface area contributed by atoms with Gasteiger partial charge in [0, 0.05) is 44.7 Å². The average molecular weight is 268 g/mol. The zero-order valence-electron chi connectivity index (χ0n) is 10.8. The van der Waals surface area contributed by atoms with Crippen LogP contribution in [0.4, 0.5) is 0 Å². The molecule has 1 fully saturated rings. The lowest BCUT2D eigenvalue weighted by Gasteiger charge is -2.32. The van der Waals surface area contributed by atoms with Crippen molar-refractivity contribution in [3.05, 3.63) is 35.9 Å². The van der Waals surface area contributed by atoms with E-state index in [4.69, 9.17) is 0 Å². The maximum atomic E-state index is 11.9. The molecular formula is C14H20ClN2O-. The molecule has 1 aliphatic rings. The predicted molar refractivity (Wildman–Crippen MR) is 69.3 cm³/mol. The van der Waals surface area contributed by atoms with Crippen LogP contribution in [0.2, 0.25) is 0 Å². The molecule has 0 aliphatic carbocycles. The summed E-state index contributed by atoms with van der Waals surface area (Å²) in [4.78, 5) is 16.6. The van der Waals surface area contributed by atoms with E-state index in [2.05, 4.69) is 16.8 Å². The van der Waals surface area contributed by atoms with Gasteiger partial charge in [0.15, 0.2) is 5.78 Å². The minimum absolute atomic E-state index is 0. The van der Waals surface area contributed by atoms with Crippen molar-refractivity contribution in [2.45, 2.75) is 6.42 Å². The molecule has 1 heterocycles. The van der Waals surface area contributed by atoms with Gasteiger partial charge in [-0.25, -0.2) is 0 Å². The number of Topliss-reactive ketones (excluding diaryl/α,β-unsaturated/α-hetero) is 1. The third-order valence-electron chi connectivity index (χ3n) is 3.35. The number of nitrogens with zero attached hydrogens (tertiary/aromatic N) is 2. The molecule has 3 nitrogen and oxygen atoms in total. The number of benzene rings is 1. The first-order chi connectivity index (χ1) is 8.25. The van der Waals surface area contributed by atoms with E-state index in [-0.39, 0.29) is 18.2 Å². The third kappa shape index (κ3) is 4.41. The van der Waals surface area contributed by atoms with Crippen molar-refractivity contribution in [1.29, 1.82) is 0 Å². The highest BCUT2D eigenvalue weighted by molar-refractivity contribution is 5.96. The summed E-state index contributed by atoms with van der Waals surface area (Å²) in [6.07, 6.45) is 0.633. The highest BCUT2D eigenvalue weighted by Gasteiger charge is 2.14. The molecule has 1 aliphatic heterocycles. The van der Waals surface area contributed by atoms with Crippen LogP contribution in [-0.2, 0) is 0 Å². The molecule has 1 saturated heterocycles. The molecule has 0 bridgehead atoms. The second-order valence-corrected chi connectivity index (χ2v) is 4.68. The summed E-state index contributed by atoms with van der Waals surface area (Å²) in [6.45, 7) is 5.28. The van der Waals surface area contributed by atoms with Crippen LogP contribution in [0.1, 0.15) is 16.8 Å². The number of carbonyl (C=O) groups excluding carboxylic acids is 1. The number of hydrogen-bond donors (Lipinski definition) is 0. The van der Waals surface area contributed by atoms with Gasteiger partial charge in [-0.1, -0.05) is 30.3 Å². The third-order valence-corrected chi connectivity index (χ3v) is 3.35. The Balaban J connectivity index is 0.00000162. The molecule has 1 aromatic rings. The molecule has 1 aromatic carbocycles. The summed E-state index contributed by atoms with van der Waals surface area (Å²) >= 11 is 0. The summed E-state index contributed by atoms with van der Waals surface area (Å²) in [6, 6.07) is 9.57. The number of piperazine rings is 1. The molecule has 0 radical (unpaired) electrons. The Kier molecular flexibility index (Phi) is 6.33. The van der Waals surface area contributed by atoms with Gasteiger partial charge >= 0.3 is 0 Å². The van der Waals surface area contributed by atoms with Gasteiger partial charge in [0.2, 0.25) is 0 Å².